The van der Waals surface area contributed by atoms with E-state index in [0.717, 1.165) is 12.8 Å². The molecule has 2 atom stereocenters. The smallest absolute Gasteiger partial charge is 0.331 e. The Morgan fingerprint density at radius 2 is 2.39 bits per heavy atom. The molecule has 1 aromatic heterocycles. The molecule has 0 bridgehead atoms. The van der Waals surface area contributed by atoms with Crippen LogP contribution < -0.4 is 0 Å². The molecule has 2 heterocycles. The second-order valence-electron chi connectivity index (χ2n) is 5.03. The minimum absolute atomic E-state index is 0.399. The normalized spacial score (nSPS) is 27.1. The third-order valence-electron chi connectivity index (χ3n) is 3.78. The number of nitrogens with zero attached hydrogens (tertiary/aromatic N) is 4. The van der Waals surface area contributed by atoms with Gasteiger partial charge in [-0.2, -0.15) is 0 Å². The largest absolute Gasteiger partial charge is 0.479 e. The Kier molecular flexibility index (Phi) is 3.10. The van der Waals surface area contributed by atoms with E-state index in [4.69, 9.17) is 4.74 Å². The first-order valence-electron chi connectivity index (χ1n) is 6.11. The number of aromatic nitrogens is 4. The Labute approximate surface area is 105 Å². The lowest BCUT2D eigenvalue weighted by molar-refractivity contribution is -0.148. The summed E-state index contributed by atoms with van der Waals surface area (Å²) in [5, 5.41) is 20.9. The van der Waals surface area contributed by atoms with Crippen molar-refractivity contribution < 1.29 is 14.6 Å². The van der Waals surface area contributed by atoms with E-state index in [2.05, 4.69) is 15.5 Å². The highest BCUT2D eigenvalue weighted by Gasteiger charge is 2.44. The summed E-state index contributed by atoms with van der Waals surface area (Å²) in [4.78, 5) is 11.5. The maximum absolute atomic E-state index is 11.5. The minimum atomic E-state index is -1.15. The molecule has 1 aliphatic rings. The molecule has 0 aliphatic carbocycles. The van der Waals surface area contributed by atoms with Crippen LogP contribution in [0.1, 0.15) is 45.9 Å². The number of aliphatic carboxylic acids is 1. The van der Waals surface area contributed by atoms with E-state index in [0.29, 0.717) is 18.9 Å². The summed E-state index contributed by atoms with van der Waals surface area (Å²) >= 11 is 0. The van der Waals surface area contributed by atoms with Gasteiger partial charge in [0.05, 0.1) is 0 Å². The number of ether oxygens (including phenoxy) is 1. The Morgan fingerprint density at radius 3 is 2.89 bits per heavy atom. The van der Waals surface area contributed by atoms with Gasteiger partial charge in [-0.3, -0.25) is 0 Å². The lowest BCUT2D eigenvalue weighted by Gasteiger charge is -2.29. The molecule has 7 heteroatoms. The molecule has 0 aromatic carbocycles. The number of hydrogen-bond acceptors (Lipinski definition) is 5. The van der Waals surface area contributed by atoms with E-state index >= 15 is 0 Å². The van der Waals surface area contributed by atoms with Crippen LogP contribution in [0.4, 0.5) is 0 Å². The summed E-state index contributed by atoms with van der Waals surface area (Å²) < 4.78 is 7.08. The van der Waals surface area contributed by atoms with Crippen molar-refractivity contribution in [1.29, 1.82) is 0 Å². The van der Waals surface area contributed by atoms with Gasteiger partial charge in [0.2, 0.25) is 0 Å². The van der Waals surface area contributed by atoms with Crippen LogP contribution in [0.3, 0.4) is 0 Å². The van der Waals surface area contributed by atoms with Crippen molar-refractivity contribution in [3.8, 4) is 0 Å². The lowest BCUT2D eigenvalue weighted by Crippen LogP contribution is -2.43. The molecule has 0 spiro atoms. The highest BCUT2D eigenvalue weighted by Crippen LogP contribution is 2.36. The third kappa shape index (κ3) is 1.78. The van der Waals surface area contributed by atoms with E-state index in [1.165, 1.54) is 4.68 Å². The van der Waals surface area contributed by atoms with Crippen molar-refractivity contribution in [2.24, 2.45) is 0 Å². The summed E-state index contributed by atoms with van der Waals surface area (Å²) in [6.45, 7) is 5.98. The van der Waals surface area contributed by atoms with Crippen LogP contribution >= 0.6 is 0 Å². The van der Waals surface area contributed by atoms with E-state index in [-0.39, 0.29) is 0 Å². The maximum Gasteiger partial charge on any atom is 0.331 e. The molecule has 1 aromatic rings. The van der Waals surface area contributed by atoms with E-state index in [9.17, 15) is 9.90 Å². The molecule has 2 unspecified atom stereocenters. The van der Waals surface area contributed by atoms with Gasteiger partial charge in [-0.25, -0.2) is 9.48 Å². The Bertz CT molecular complexity index is 453. The zero-order chi connectivity index (χ0) is 13.4. The molecule has 1 fully saturated rings. The van der Waals surface area contributed by atoms with Gasteiger partial charge in [0, 0.05) is 6.61 Å². The number of hydrogen-bond donors (Lipinski definition) is 1. The molecule has 100 valence electrons. The van der Waals surface area contributed by atoms with E-state index < -0.39 is 17.1 Å². The first kappa shape index (κ1) is 12.9. The predicted octanol–water partition coefficient (Wildman–Crippen LogP) is 0.908. The van der Waals surface area contributed by atoms with Crippen molar-refractivity contribution in [3.63, 3.8) is 0 Å². The van der Waals surface area contributed by atoms with Gasteiger partial charge in [0.25, 0.3) is 0 Å². The zero-order valence-corrected chi connectivity index (χ0v) is 10.9. The third-order valence-corrected chi connectivity index (χ3v) is 3.78. The fourth-order valence-electron chi connectivity index (χ4n) is 2.20. The highest BCUT2D eigenvalue weighted by molar-refractivity contribution is 5.76. The van der Waals surface area contributed by atoms with Crippen LogP contribution in [-0.2, 0) is 20.7 Å². The number of tetrazole rings is 1. The number of carboxylic acids is 1. The van der Waals surface area contributed by atoms with Gasteiger partial charge in [0.15, 0.2) is 11.4 Å². The van der Waals surface area contributed by atoms with Crippen LogP contribution in [0.2, 0.25) is 0 Å². The van der Waals surface area contributed by atoms with Crippen molar-refractivity contribution in [1.82, 2.24) is 20.2 Å². The van der Waals surface area contributed by atoms with Gasteiger partial charge in [0.1, 0.15) is 5.60 Å². The second kappa shape index (κ2) is 4.31. The molecule has 18 heavy (non-hydrogen) atoms. The second-order valence-corrected chi connectivity index (χ2v) is 5.03. The lowest BCUT2D eigenvalue weighted by atomic mass is 9.96. The van der Waals surface area contributed by atoms with Crippen molar-refractivity contribution in [2.75, 3.05) is 6.61 Å². The fraction of sp³-hybridized carbons (Fsp3) is 0.818. The first-order valence-corrected chi connectivity index (χ1v) is 6.11. The summed E-state index contributed by atoms with van der Waals surface area (Å²) in [5.74, 6) is -0.452. The highest BCUT2D eigenvalue weighted by atomic mass is 16.5. The number of carboxylic acid groups (broad SMARTS) is 1. The molecule has 2 rings (SSSR count). The number of rotatable bonds is 4. The summed E-state index contributed by atoms with van der Waals surface area (Å²) in [6, 6.07) is 0. The molecular weight excluding hydrogens is 236 g/mol. The predicted molar refractivity (Wildman–Crippen MR) is 61.9 cm³/mol. The fourth-order valence-corrected chi connectivity index (χ4v) is 2.20. The Hall–Kier alpha value is -1.50. The van der Waals surface area contributed by atoms with Gasteiger partial charge in [-0.15, -0.1) is 5.10 Å². The van der Waals surface area contributed by atoms with E-state index in [1.807, 2.05) is 6.92 Å². The summed E-state index contributed by atoms with van der Waals surface area (Å²) in [6.07, 6.45) is 2.13. The molecule has 1 N–H and O–H groups in total. The van der Waals surface area contributed by atoms with Gasteiger partial charge >= 0.3 is 5.97 Å². The standard InChI is InChI=1S/C11H18N4O3/c1-4-10(2,9(16)17)15-8(12-13-14-15)11(3)6-5-7-18-11/h4-7H2,1-3H3,(H,16,17). The zero-order valence-electron chi connectivity index (χ0n) is 10.9. The van der Waals surface area contributed by atoms with Crippen molar-refractivity contribution >= 4 is 5.97 Å². The molecule has 0 amide bonds. The number of carbonyl (C=O) groups is 1. The van der Waals surface area contributed by atoms with Gasteiger partial charge in [-0.05, 0) is 43.5 Å². The quantitative estimate of drug-likeness (QED) is 0.858. The molecule has 1 saturated heterocycles. The Balaban J connectivity index is 2.47. The summed E-state index contributed by atoms with van der Waals surface area (Å²) in [5.41, 5.74) is -1.73. The molecular formula is C11H18N4O3. The minimum Gasteiger partial charge on any atom is -0.479 e. The SMILES string of the molecule is CCC(C)(C(=O)O)n1nnnc1C1(C)CCCO1. The van der Waals surface area contributed by atoms with Crippen LogP contribution in [0.15, 0.2) is 0 Å². The topological polar surface area (TPSA) is 90.1 Å². The Morgan fingerprint density at radius 1 is 1.67 bits per heavy atom. The monoisotopic (exact) mass is 254 g/mol. The van der Waals surface area contributed by atoms with Gasteiger partial charge in [-0.1, -0.05) is 6.92 Å². The van der Waals surface area contributed by atoms with Crippen molar-refractivity contribution in [2.45, 2.75) is 51.2 Å². The molecule has 0 radical (unpaired) electrons. The molecule has 7 nitrogen and oxygen atoms in total. The van der Waals surface area contributed by atoms with Crippen molar-refractivity contribution in [3.05, 3.63) is 5.82 Å². The summed E-state index contributed by atoms with van der Waals surface area (Å²) in [7, 11) is 0. The van der Waals surface area contributed by atoms with E-state index in [1.54, 1.807) is 13.8 Å². The average Bonchev–Trinajstić information content (AvgIpc) is 2.96. The maximum atomic E-state index is 11.5. The van der Waals surface area contributed by atoms with Crippen LogP contribution in [0.25, 0.3) is 0 Å². The van der Waals surface area contributed by atoms with Gasteiger partial charge < -0.3 is 9.84 Å². The van der Waals surface area contributed by atoms with Crippen LogP contribution in [0.5, 0.6) is 0 Å². The van der Waals surface area contributed by atoms with Crippen LogP contribution in [0, 0.1) is 0 Å². The first-order chi connectivity index (χ1) is 8.44. The molecule has 1 aliphatic heterocycles. The van der Waals surface area contributed by atoms with Crippen LogP contribution in [-0.4, -0.2) is 37.9 Å². The molecule has 0 saturated carbocycles. The average molecular weight is 254 g/mol.